The molecule has 2 heteroatoms. The van der Waals surface area contributed by atoms with Crippen LogP contribution in [-0.2, 0) is 0 Å². The number of hydrogen-bond donors (Lipinski definition) is 1. The van der Waals surface area contributed by atoms with Crippen molar-refractivity contribution < 1.29 is 5.11 Å². The summed E-state index contributed by atoms with van der Waals surface area (Å²) >= 11 is 0. The molecule has 0 fully saturated rings. The Kier molecular flexibility index (Phi) is 25.6. The third-order valence-corrected chi connectivity index (χ3v) is 1.80. The zero-order valence-corrected chi connectivity index (χ0v) is 10.6. The van der Waals surface area contributed by atoms with Crippen molar-refractivity contribution in [3.8, 4) is 0 Å². The van der Waals surface area contributed by atoms with Gasteiger partial charge < -0.3 is 10.0 Å². The molecule has 0 amide bonds. The van der Waals surface area contributed by atoms with E-state index in [1.807, 2.05) is 34.7 Å². The second-order valence-corrected chi connectivity index (χ2v) is 2.32. The Bertz CT molecular complexity index is 63.1. The summed E-state index contributed by atoms with van der Waals surface area (Å²) in [5, 5.41) is 8.79. The molecule has 1 N–H and O–H groups in total. The summed E-state index contributed by atoms with van der Waals surface area (Å²) in [4.78, 5) is 2.15. The van der Waals surface area contributed by atoms with E-state index in [1.165, 1.54) is 0 Å². The molecule has 0 aliphatic rings. The fourth-order valence-corrected chi connectivity index (χ4v) is 0.838. The van der Waals surface area contributed by atoms with Gasteiger partial charge in [-0.25, -0.2) is 0 Å². The maximum atomic E-state index is 8.79. The van der Waals surface area contributed by atoms with Crippen LogP contribution in [0.15, 0.2) is 0 Å². The summed E-state index contributed by atoms with van der Waals surface area (Å²) in [5.41, 5.74) is 0. The van der Waals surface area contributed by atoms with Crippen LogP contribution in [0.3, 0.4) is 0 Å². The Labute approximate surface area is 85.0 Å². The third kappa shape index (κ3) is 11.9. The van der Waals surface area contributed by atoms with Crippen LogP contribution in [0.1, 0.15) is 48.0 Å². The molecule has 0 aromatic rings. The molecule has 84 valence electrons. The second-order valence-electron chi connectivity index (χ2n) is 2.32. The van der Waals surface area contributed by atoms with Crippen molar-refractivity contribution in [1.82, 2.24) is 4.90 Å². The summed E-state index contributed by atoms with van der Waals surface area (Å²) in [6.07, 6.45) is 1.03. The van der Waals surface area contributed by atoms with E-state index in [0.29, 0.717) is 6.04 Å². The average Bonchev–Trinajstić information content (AvgIpc) is 2.25. The zero-order valence-electron chi connectivity index (χ0n) is 10.6. The van der Waals surface area contributed by atoms with E-state index in [1.54, 1.807) is 0 Å². The Morgan fingerprint density at radius 1 is 1.08 bits per heavy atom. The summed E-state index contributed by atoms with van der Waals surface area (Å²) < 4.78 is 0. The van der Waals surface area contributed by atoms with Gasteiger partial charge in [0.1, 0.15) is 0 Å². The first kappa shape index (κ1) is 18.7. The van der Waals surface area contributed by atoms with E-state index in [0.717, 1.165) is 13.0 Å². The second kappa shape index (κ2) is 17.9. The number of nitrogens with zero attached hydrogens (tertiary/aromatic N) is 1. The van der Waals surface area contributed by atoms with E-state index in [-0.39, 0.29) is 6.61 Å². The predicted octanol–water partition coefficient (Wildman–Crippen LogP) is 2.76. The fraction of sp³-hybridized carbons (Fsp3) is 1.00. The lowest BCUT2D eigenvalue weighted by atomic mass is 10.2. The first-order valence-electron chi connectivity index (χ1n) is 5.57. The Morgan fingerprint density at radius 3 is 1.54 bits per heavy atom. The first-order chi connectivity index (χ1) is 6.26. The van der Waals surface area contributed by atoms with Gasteiger partial charge in [-0.15, -0.1) is 0 Å². The van der Waals surface area contributed by atoms with Crippen molar-refractivity contribution >= 4 is 0 Å². The lowest BCUT2D eigenvalue weighted by Crippen LogP contribution is -2.33. The van der Waals surface area contributed by atoms with Gasteiger partial charge in [0.05, 0.1) is 6.61 Å². The minimum absolute atomic E-state index is 0.279. The Balaban J connectivity index is -0.000000218. The summed E-state index contributed by atoms with van der Waals surface area (Å²) in [5.74, 6) is 0. The molecule has 0 bridgehead atoms. The maximum absolute atomic E-state index is 8.79. The van der Waals surface area contributed by atoms with E-state index >= 15 is 0 Å². The standard InChI is InChI=1S/C7H17NO.2C2H6/c1-4-7(6-9)8(3)5-2;2*1-2/h7,9H,4-6H2,1-3H3;2*1-2H3. The highest BCUT2D eigenvalue weighted by Crippen LogP contribution is 1.98. The van der Waals surface area contributed by atoms with Crippen molar-refractivity contribution in [3.05, 3.63) is 0 Å². The lowest BCUT2D eigenvalue weighted by molar-refractivity contribution is 0.148. The molecule has 13 heavy (non-hydrogen) atoms. The molecule has 0 saturated heterocycles. The number of likely N-dealkylation sites (N-methyl/N-ethyl adjacent to an activating group) is 1. The Morgan fingerprint density at radius 2 is 1.46 bits per heavy atom. The van der Waals surface area contributed by atoms with Crippen molar-refractivity contribution in [2.45, 2.75) is 54.0 Å². The molecular formula is C11H29NO. The smallest absolute Gasteiger partial charge is 0.0586 e. The molecule has 2 nitrogen and oxygen atoms in total. The predicted molar refractivity (Wildman–Crippen MR) is 62.2 cm³/mol. The number of aliphatic hydroxyl groups is 1. The van der Waals surface area contributed by atoms with E-state index in [9.17, 15) is 0 Å². The molecule has 0 spiro atoms. The van der Waals surface area contributed by atoms with Gasteiger partial charge in [-0.2, -0.15) is 0 Å². The van der Waals surface area contributed by atoms with E-state index < -0.39 is 0 Å². The van der Waals surface area contributed by atoms with Gasteiger partial charge in [0.25, 0.3) is 0 Å². The normalized spacial score (nSPS) is 10.8. The van der Waals surface area contributed by atoms with Crippen LogP contribution < -0.4 is 0 Å². The van der Waals surface area contributed by atoms with Crippen molar-refractivity contribution in [1.29, 1.82) is 0 Å². The SMILES string of the molecule is CC.CC.CCC(CO)N(C)CC. The number of aliphatic hydroxyl groups excluding tert-OH is 1. The number of hydrogen-bond acceptors (Lipinski definition) is 2. The Hall–Kier alpha value is -0.0800. The molecule has 0 heterocycles. The van der Waals surface area contributed by atoms with E-state index in [4.69, 9.17) is 5.11 Å². The van der Waals surface area contributed by atoms with Crippen molar-refractivity contribution in [2.75, 3.05) is 20.2 Å². The molecule has 1 unspecified atom stereocenters. The van der Waals surface area contributed by atoms with Gasteiger partial charge in [-0.05, 0) is 20.0 Å². The van der Waals surface area contributed by atoms with Gasteiger partial charge in [-0.1, -0.05) is 41.5 Å². The molecule has 0 aromatic carbocycles. The zero-order chi connectivity index (χ0) is 11.3. The van der Waals surface area contributed by atoms with Crippen LogP contribution in [0.25, 0.3) is 0 Å². The topological polar surface area (TPSA) is 23.5 Å². The molecule has 0 aliphatic heterocycles. The molecule has 1 atom stereocenters. The minimum atomic E-state index is 0.279. The van der Waals surface area contributed by atoms with Crippen molar-refractivity contribution in [2.24, 2.45) is 0 Å². The van der Waals surface area contributed by atoms with Crippen LogP contribution >= 0.6 is 0 Å². The van der Waals surface area contributed by atoms with Crippen LogP contribution in [0.4, 0.5) is 0 Å². The van der Waals surface area contributed by atoms with Crippen LogP contribution in [0.2, 0.25) is 0 Å². The monoisotopic (exact) mass is 191 g/mol. The molecule has 0 radical (unpaired) electrons. The summed E-state index contributed by atoms with van der Waals surface area (Å²) in [6.45, 7) is 13.5. The highest BCUT2D eigenvalue weighted by molar-refractivity contribution is 4.62. The van der Waals surface area contributed by atoms with Crippen LogP contribution in [0.5, 0.6) is 0 Å². The molecule has 0 saturated carbocycles. The van der Waals surface area contributed by atoms with Gasteiger partial charge in [-0.3, -0.25) is 0 Å². The van der Waals surface area contributed by atoms with Gasteiger partial charge in [0, 0.05) is 6.04 Å². The summed E-state index contributed by atoms with van der Waals surface area (Å²) in [6, 6.07) is 0.356. The fourth-order valence-electron chi connectivity index (χ4n) is 0.838. The van der Waals surface area contributed by atoms with Gasteiger partial charge in [0.2, 0.25) is 0 Å². The first-order valence-corrected chi connectivity index (χ1v) is 5.57. The highest BCUT2D eigenvalue weighted by Gasteiger charge is 2.07. The van der Waals surface area contributed by atoms with E-state index in [2.05, 4.69) is 18.7 Å². The summed E-state index contributed by atoms with van der Waals surface area (Å²) in [7, 11) is 2.03. The van der Waals surface area contributed by atoms with Crippen molar-refractivity contribution in [3.63, 3.8) is 0 Å². The maximum Gasteiger partial charge on any atom is 0.0586 e. The quantitative estimate of drug-likeness (QED) is 0.738. The number of rotatable bonds is 4. The van der Waals surface area contributed by atoms with Gasteiger partial charge >= 0.3 is 0 Å². The van der Waals surface area contributed by atoms with Crippen LogP contribution in [-0.4, -0.2) is 36.2 Å². The molecule has 0 aromatic heterocycles. The van der Waals surface area contributed by atoms with Gasteiger partial charge in [0.15, 0.2) is 0 Å². The minimum Gasteiger partial charge on any atom is -0.395 e. The third-order valence-electron chi connectivity index (χ3n) is 1.80. The largest absolute Gasteiger partial charge is 0.395 e. The molecule has 0 aliphatic carbocycles. The highest BCUT2D eigenvalue weighted by atomic mass is 16.3. The molecular weight excluding hydrogens is 162 g/mol. The van der Waals surface area contributed by atoms with Crippen LogP contribution in [0, 0.1) is 0 Å². The molecule has 0 rings (SSSR count). The lowest BCUT2D eigenvalue weighted by Gasteiger charge is -2.23. The average molecular weight is 191 g/mol.